The van der Waals surface area contributed by atoms with Crippen LogP contribution in [0, 0.1) is 0 Å². The zero-order valence-corrected chi connectivity index (χ0v) is 16.9. The van der Waals surface area contributed by atoms with Crippen molar-refractivity contribution >= 4 is 17.3 Å². The van der Waals surface area contributed by atoms with Crippen LogP contribution in [-0.4, -0.2) is 17.0 Å². The zero-order chi connectivity index (χ0) is 20.8. The third-order valence-electron chi connectivity index (χ3n) is 5.03. The molecular formula is C25H25N5. The number of nitrogens with one attached hydrogen (secondary N) is 1. The molecule has 0 fully saturated rings. The third-order valence-corrected chi connectivity index (χ3v) is 5.03. The van der Waals surface area contributed by atoms with E-state index in [9.17, 15) is 0 Å². The van der Waals surface area contributed by atoms with Crippen LogP contribution < -0.4 is 16.0 Å². The molecule has 0 saturated carbocycles. The number of anilines is 3. The van der Waals surface area contributed by atoms with Gasteiger partial charge in [-0.2, -0.15) is 0 Å². The highest BCUT2D eigenvalue weighted by atomic mass is 15.2. The van der Waals surface area contributed by atoms with Crippen LogP contribution >= 0.6 is 0 Å². The largest absolute Gasteiger partial charge is 0.393 e. The maximum absolute atomic E-state index is 6.51. The van der Waals surface area contributed by atoms with E-state index in [1.165, 1.54) is 5.56 Å². The first-order valence-corrected chi connectivity index (χ1v) is 9.94. The summed E-state index contributed by atoms with van der Waals surface area (Å²) in [6.07, 6.45) is 1.56. The molecule has 150 valence electrons. The molecule has 1 heterocycles. The fourth-order valence-corrected chi connectivity index (χ4v) is 3.52. The van der Waals surface area contributed by atoms with E-state index in [4.69, 9.17) is 5.73 Å². The van der Waals surface area contributed by atoms with Crippen LogP contribution in [0.1, 0.15) is 22.7 Å². The van der Waals surface area contributed by atoms with E-state index in [1.807, 2.05) is 66.5 Å². The number of nitrogens with two attached hydrogens (primary N) is 1. The first-order chi connectivity index (χ1) is 14.7. The number of nitrogens with zero attached hydrogens (tertiary/aromatic N) is 3. The lowest BCUT2D eigenvalue weighted by molar-refractivity contribution is 0.885. The van der Waals surface area contributed by atoms with Crippen LogP contribution in [0.4, 0.5) is 17.3 Å². The standard InChI is InChI=1S/C25H25N5/c1-30(17-19-11-5-2-6-12-19)25-22(26)24(27-18-28-25)29-23(20-13-7-3-8-14-20)21-15-9-4-10-16-21/h2-16,18,23H,17,26H2,1H3,(H,27,28,29). The molecule has 0 bridgehead atoms. The van der Waals surface area contributed by atoms with Crippen molar-refractivity contribution in [3.8, 4) is 0 Å². The van der Waals surface area contributed by atoms with Crippen molar-refractivity contribution in [1.82, 2.24) is 9.97 Å². The summed E-state index contributed by atoms with van der Waals surface area (Å²) in [5.74, 6) is 1.33. The number of nitrogen functional groups attached to an aromatic ring is 1. The highest BCUT2D eigenvalue weighted by Crippen LogP contribution is 2.32. The van der Waals surface area contributed by atoms with Crippen molar-refractivity contribution in [3.05, 3.63) is 114 Å². The molecule has 0 spiro atoms. The lowest BCUT2D eigenvalue weighted by Crippen LogP contribution is -2.21. The van der Waals surface area contributed by atoms with Gasteiger partial charge in [-0.3, -0.25) is 0 Å². The van der Waals surface area contributed by atoms with Gasteiger partial charge in [-0.05, 0) is 16.7 Å². The summed E-state index contributed by atoms with van der Waals surface area (Å²) < 4.78 is 0. The minimum atomic E-state index is -0.0723. The predicted octanol–water partition coefficient (Wildman–Crippen LogP) is 4.90. The van der Waals surface area contributed by atoms with Crippen molar-refractivity contribution in [2.24, 2.45) is 0 Å². The van der Waals surface area contributed by atoms with E-state index >= 15 is 0 Å². The van der Waals surface area contributed by atoms with Gasteiger partial charge in [0.15, 0.2) is 11.6 Å². The summed E-state index contributed by atoms with van der Waals surface area (Å²) in [5.41, 5.74) is 10.5. The number of hydrogen-bond acceptors (Lipinski definition) is 5. The van der Waals surface area contributed by atoms with Crippen molar-refractivity contribution in [3.63, 3.8) is 0 Å². The van der Waals surface area contributed by atoms with Gasteiger partial charge in [0.05, 0.1) is 6.04 Å². The minimum absolute atomic E-state index is 0.0723. The molecule has 0 saturated heterocycles. The highest BCUT2D eigenvalue weighted by molar-refractivity contribution is 5.75. The fourth-order valence-electron chi connectivity index (χ4n) is 3.52. The van der Waals surface area contributed by atoms with Crippen LogP contribution in [0.2, 0.25) is 0 Å². The lowest BCUT2D eigenvalue weighted by atomic mass is 9.99. The summed E-state index contributed by atoms with van der Waals surface area (Å²) in [6.45, 7) is 0.711. The summed E-state index contributed by atoms with van der Waals surface area (Å²) in [5, 5.41) is 3.54. The molecule has 0 unspecified atom stereocenters. The Kier molecular flexibility index (Phi) is 5.90. The van der Waals surface area contributed by atoms with Gasteiger partial charge in [0, 0.05) is 13.6 Å². The molecular weight excluding hydrogens is 370 g/mol. The van der Waals surface area contributed by atoms with Gasteiger partial charge in [-0.1, -0.05) is 91.0 Å². The predicted molar refractivity (Wildman–Crippen MR) is 123 cm³/mol. The van der Waals surface area contributed by atoms with Gasteiger partial charge in [-0.15, -0.1) is 0 Å². The molecule has 0 amide bonds. The first kappa shape index (κ1) is 19.5. The van der Waals surface area contributed by atoms with Crippen LogP contribution in [0.25, 0.3) is 0 Å². The van der Waals surface area contributed by atoms with E-state index in [2.05, 4.69) is 51.7 Å². The third kappa shape index (κ3) is 4.41. The second-order valence-electron chi connectivity index (χ2n) is 7.20. The average Bonchev–Trinajstić information content (AvgIpc) is 2.80. The first-order valence-electron chi connectivity index (χ1n) is 9.94. The Labute approximate surface area is 177 Å². The van der Waals surface area contributed by atoms with E-state index in [0.29, 0.717) is 23.9 Å². The van der Waals surface area contributed by atoms with Crippen molar-refractivity contribution in [1.29, 1.82) is 0 Å². The molecule has 5 heteroatoms. The van der Waals surface area contributed by atoms with Gasteiger partial charge in [0.1, 0.15) is 12.0 Å². The Morgan fingerprint density at radius 3 is 1.90 bits per heavy atom. The molecule has 1 aromatic heterocycles. The Balaban J connectivity index is 1.64. The number of rotatable bonds is 7. The normalized spacial score (nSPS) is 10.7. The quantitative estimate of drug-likeness (QED) is 0.466. The van der Waals surface area contributed by atoms with Gasteiger partial charge < -0.3 is 16.0 Å². The number of aromatic nitrogens is 2. The zero-order valence-electron chi connectivity index (χ0n) is 16.9. The Morgan fingerprint density at radius 1 is 0.800 bits per heavy atom. The fraction of sp³-hybridized carbons (Fsp3) is 0.120. The summed E-state index contributed by atoms with van der Waals surface area (Å²) in [7, 11) is 1.99. The van der Waals surface area contributed by atoms with Crippen LogP contribution in [0.3, 0.4) is 0 Å². The number of benzene rings is 3. The highest BCUT2D eigenvalue weighted by Gasteiger charge is 2.18. The summed E-state index contributed by atoms with van der Waals surface area (Å²) in [6, 6.07) is 30.8. The molecule has 0 radical (unpaired) electrons. The van der Waals surface area contributed by atoms with E-state index in [-0.39, 0.29) is 6.04 Å². The molecule has 3 aromatic carbocycles. The van der Waals surface area contributed by atoms with Crippen molar-refractivity contribution in [2.75, 3.05) is 23.0 Å². The van der Waals surface area contributed by atoms with Crippen LogP contribution in [0.15, 0.2) is 97.3 Å². The van der Waals surface area contributed by atoms with Gasteiger partial charge in [0.2, 0.25) is 0 Å². The van der Waals surface area contributed by atoms with Crippen LogP contribution in [-0.2, 0) is 6.54 Å². The topological polar surface area (TPSA) is 67.1 Å². The maximum Gasteiger partial charge on any atom is 0.157 e. The monoisotopic (exact) mass is 395 g/mol. The molecule has 3 N–H and O–H groups in total. The van der Waals surface area contributed by atoms with Gasteiger partial charge in [0.25, 0.3) is 0 Å². The Hall–Kier alpha value is -3.86. The molecule has 4 aromatic rings. The van der Waals surface area contributed by atoms with Crippen LogP contribution in [0.5, 0.6) is 0 Å². The molecule has 5 nitrogen and oxygen atoms in total. The molecule has 0 aliphatic carbocycles. The van der Waals surface area contributed by atoms with E-state index in [0.717, 1.165) is 11.1 Å². The lowest BCUT2D eigenvalue weighted by Gasteiger charge is -2.24. The van der Waals surface area contributed by atoms with E-state index < -0.39 is 0 Å². The Bertz CT molecular complexity index is 1030. The van der Waals surface area contributed by atoms with Gasteiger partial charge in [-0.25, -0.2) is 9.97 Å². The molecule has 4 rings (SSSR count). The molecule has 0 atom stereocenters. The second kappa shape index (κ2) is 9.09. The molecule has 30 heavy (non-hydrogen) atoms. The average molecular weight is 396 g/mol. The maximum atomic E-state index is 6.51. The van der Waals surface area contributed by atoms with Crippen molar-refractivity contribution < 1.29 is 0 Å². The SMILES string of the molecule is CN(Cc1ccccc1)c1ncnc(NC(c2ccccc2)c2ccccc2)c1N. The smallest absolute Gasteiger partial charge is 0.157 e. The van der Waals surface area contributed by atoms with Gasteiger partial charge >= 0.3 is 0 Å². The van der Waals surface area contributed by atoms with E-state index in [1.54, 1.807) is 6.33 Å². The molecule has 0 aliphatic heterocycles. The molecule has 0 aliphatic rings. The van der Waals surface area contributed by atoms with Crippen molar-refractivity contribution in [2.45, 2.75) is 12.6 Å². The second-order valence-corrected chi connectivity index (χ2v) is 7.20. The number of hydrogen-bond donors (Lipinski definition) is 2. The summed E-state index contributed by atoms with van der Waals surface area (Å²) >= 11 is 0. The summed E-state index contributed by atoms with van der Waals surface area (Å²) in [4.78, 5) is 10.9. The Morgan fingerprint density at radius 2 is 1.33 bits per heavy atom. The minimum Gasteiger partial charge on any atom is -0.393 e.